The molecule has 1 aromatic carbocycles. The quantitative estimate of drug-likeness (QED) is 0.830. The minimum Gasteiger partial charge on any atom is -0.384 e. The Kier molecular flexibility index (Phi) is 2.40. The number of likely N-dealkylation sites (tertiary alicyclic amines) is 1. The zero-order valence-electron chi connectivity index (χ0n) is 9.64. The predicted molar refractivity (Wildman–Crippen MR) is 67.0 cm³/mol. The van der Waals surface area contributed by atoms with Crippen LogP contribution >= 0.6 is 0 Å². The number of amides is 1. The van der Waals surface area contributed by atoms with Gasteiger partial charge in [0.1, 0.15) is 12.0 Å². The van der Waals surface area contributed by atoms with E-state index in [2.05, 4.69) is 4.98 Å². The second kappa shape index (κ2) is 3.94. The van der Waals surface area contributed by atoms with Crippen molar-refractivity contribution in [2.24, 2.45) is 0 Å². The van der Waals surface area contributed by atoms with Crippen molar-refractivity contribution in [2.45, 2.75) is 6.17 Å². The van der Waals surface area contributed by atoms with Gasteiger partial charge in [0.2, 0.25) is 0 Å². The molecule has 18 heavy (non-hydrogen) atoms. The van der Waals surface area contributed by atoms with Gasteiger partial charge < -0.3 is 10.6 Å². The summed E-state index contributed by atoms with van der Waals surface area (Å²) in [6.45, 7) is 0.356. The van der Waals surface area contributed by atoms with Crippen LogP contribution in [-0.2, 0) is 0 Å². The van der Waals surface area contributed by atoms with Crippen molar-refractivity contribution in [1.82, 2.24) is 9.88 Å². The molecule has 0 spiro atoms. The summed E-state index contributed by atoms with van der Waals surface area (Å²) in [7, 11) is 0. The molecule has 0 unspecified atom stereocenters. The third kappa shape index (κ3) is 1.68. The SMILES string of the molecule is Nc1ccc2c(C(=O)N3CC(F)C3)cccc2n1. The molecule has 1 aliphatic rings. The van der Waals surface area contributed by atoms with Crippen LogP contribution in [-0.4, -0.2) is 35.1 Å². The Morgan fingerprint density at radius 2 is 2.11 bits per heavy atom. The second-order valence-electron chi connectivity index (χ2n) is 4.42. The second-order valence-corrected chi connectivity index (χ2v) is 4.42. The maximum atomic E-state index is 12.8. The van der Waals surface area contributed by atoms with Crippen molar-refractivity contribution in [1.29, 1.82) is 0 Å². The molecule has 2 aromatic rings. The zero-order valence-corrected chi connectivity index (χ0v) is 9.64. The Morgan fingerprint density at radius 1 is 1.33 bits per heavy atom. The lowest BCUT2D eigenvalue weighted by molar-refractivity contribution is 0.0402. The summed E-state index contributed by atoms with van der Waals surface area (Å²) in [5.41, 5.74) is 6.84. The standard InChI is InChI=1S/C13H12FN3O/c14-8-6-17(7-8)13(18)10-2-1-3-11-9(10)4-5-12(15)16-11/h1-5,8H,6-7H2,(H2,15,16). The van der Waals surface area contributed by atoms with E-state index in [1.54, 1.807) is 30.3 Å². The van der Waals surface area contributed by atoms with E-state index in [1.165, 1.54) is 4.90 Å². The summed E-state index contributed by atoms with van der Waals surface area (Å²) < 4.78 is 12.8. The van der Waals surface area contributed by atoms with E-state index in [9.17, 15) is 9.18 Å². The number of carbonyl (C=O) groups excluding carboxylic acids is 1. The number of aromatic nitrogens is 1. The van der Waals surface area contributed by atoms with Crippen LogP contribution in [0.4, 0.5) is 10.2 Å². The van der Waals surface area contributed by atoms with Crippen LogP contribution in [0.15, 0.2) is 30.3 Å². The molecule has 2 heterocycles. The van der Waals surface area contributed by atoms with Crippen LogP contribution in [0.2, 0.25) is 0 Å². The first-order chi connectivity index (χ1) is 8.65. The zero-order chi connectivity index (χ0) is 12.7. The summed E-state index contributed by atoms with van der Waals surface area (Å²) in [5.74, 6) is 0.265. The highest BCUT2D eigenvalue weighted by Crippen LogP contribution is 2.22. The number of hydrogen-bond acceptors (Lipinski definition) is 3. The fraction of sp³-hybridized carbons (Fsp3) is 0.231. The molecule has 3 rings (SSSR count). The van der Waals surface area contributed by atoms with Crippen molar-refractivity contribution in [3.8, 4) is 0 Å². The van der Waals surface area contributed by atoms with Gasteiger partial charge in [-0.25, -0.2) is 9.37 Å². The van der Waals surface area contributed by atoms with Crippen molar-refractivity contribution in [2.75, 3.05) is 18.8 Å². The molecule has 1 aliphatic heterocycles. The largest absolute Gasteiger partial charge is 0.384 e. The number of nitrogens with zero attached hydrogens (tertiary/aromatic N) is 2. The normalized spacial score (nSPS) is 15.7. The maximum Gasteiger partial charge on any atom is 0.254 e. The molecule has 1 fully saturated rings. The Bertz CT molecular complexity index is 623. The fourth-order valence-corrected chi connectivity index (χ4v) is 2.12. The molecule has 2 N–H and O–H groups in total. The van der Waals surface area contributed by atoms with E-state index in [-0.39, 0.29) is 19.0 Å². The number of alkyl halides is 1. The van der Waals surface area contributed by atoms with E-state index in [0.29, 0.717) is 16.9 Å². The Labute approximate surface area is 103 Å². The summed E-state index contributed by atoms with van der Waals surface area (Å²) in [5, 5.41) is 0.749. The average molecular weight is 245 g/mol. The highest BCUT2D eigenvalue weighted by molar-refractivity contribution is 6.06. The molecule has 0 saturated carbocycles. The van der Waals surface area contributed by atoms with Crippen molar-refractivity contribution < 1.29 is 9.18 Å². The van der Waals surface area contributed by atoms with Crippen LogP contribution in [0.5, 0.6) is 0 Å². The molecule has 4 nitrogen and oxygen atoms in total. The van der Waals surface area contributed by atoms with Gasteiger partial charge >= 0.3 is 0 Å². The van der Waals surface area contributed by atoms with Crippen LogP contribution in [0.1, 0.15) is 10.4 Å². The molecule has 0 aliphatic carbocycles. The lowest BCUT2D eigenvalue weighted by Gasteiger charge is -2.34. The van der Waals surface area contributed by atoms with Gasteiger partial charge in [0.05, 0.1) is 18.6 Å². The van der Waals surface area contributed by atoms with Crippen molar-refractivity contribution in [3.05, 3.63) is 35.9 Å². The minimum atomic E-state index is -0.891. The number of carbonyl (C=O) groups is 1. The molecule has 0 bridgehead atoms. The third-order valence-corrected chi connectivity index (χ3v) is 3.11. The van der Waals surface area contributed by atoms with Gasteiger partial charge in [-0.1, -0.05) is 6.07 Å². The Morgan fingerprint density at radius 3 is 2.83 bits per heavy atom. The third-order valence-electron chi connectivity index (χ3n) is 3.11. The van der Waals surface area contributed by atoms with Gasteiger partial charge in [0.25, 0.3) is 5.91 Å². The number of pyridine rings is 1. The first-order valence-corrected chi connectivity index (χ1v) is 5.74. The van der Waals surface area contributed by atoms with Gasteiger partial charge in [0.15, 0.2) is 0 Å². The number of rotatable bonds is 1. The summed E-state index contributed by atoms with van der Waals surface area (Å²) in [6.07, 6.45) is -0.891. The van der Waals surface area contributed by atoms with Crippen LogP contribution in [0.25, 0.3) is 10.9 Å². The summed E-state index contributed by atoms with van der Waals surface area (Å²) in [6, 6.07) is 8.73. The van der Waals surface area contributed by atoms with Crippen molar-refractivity contribution >= 4 is 22.6 Å². The van der Waals surface area contributed by atoms with E-state index in [4.69, 9.17) is 5.73 Å². The number of nitrogens with two attached hydrogens (primary N) is 1. The highest BCUT2D eigenvalue weighted by atomic mass is 19.1. The summed E-state index contributed by atoms with van der Waals surface area (Å²) in [4.78, 5) is 17.8. The topological polar surface area (TPSA) is 59.2 Å². The maximum absolute atomic E-state index is 12.8. The Hall–Kier alpha value is -2.17. The smallest absolute Gasteiger partial charge is 0.254 e. The van der Waals surface area contributed by atoms with Crippen LogP contribution in [0, 0.1) is 0 Å². The van der Waals surface area contributed by atoms with Gasteiger partial charge in [-0.05, 0) is 24.3 Å². The van der Waals surface area contributed by atoms with Gasteiger partial charge in [-0.15, -0.1) is 0 Å². The van der Waals surface area contributed by atoms with Crippen LogP contribution < -0.4 is 5.73 Å². The first kappa shape index (κ1) is 11.0. The lowest BCUT2D eigenvalue weighted by Crippen LogP contribution is -2.51. The number of benzene rings is 1. The number of nitrogen functional groups attached to an aromatic ring is 1. The van der Waals surface area contributed by atoms with E-state index in [1.807, 2.05) is 0 Å². The summed E-state index contributed by atoms with van der Waals surface area (Å²) >= 11 is 0. The molecule has 92 valence electrons. The Balaban J connectivity index is 2.04. The van der Waals surface area contributed by atoms with Gasteiger partial charge in [0, 0.05) is 10.9 Å². The first-order valence-electron chi connectivity index (χ1n) is 5.74. The number of fused-ring (bicyclic) bond motifs is 1. The molecule has 0 radical (unpaired) electrons. The predicted octanol–water partition coefficient (Wildman–Crippen LogP) is 1.61. The molecule has 1 saturated heterocycles. The van der Waals surface area contributed by atoms with Crippen LogP contribution in [0.3, 0.4) is 0 Å². The van der Waals surface area contributed by atoms with E-state index in [0.717, 1.165) is 5.39 Å². The van der Waals surface area contributed by atoms with Gasteiger partial charge in [-0.2, -0.15) is 0 Å². The molecule has 0 atom stereocenters. The number of hydrogen-bond donors (Lipinski definition) is 1. The number of anilines is 1. The van der Waals surface area contributed by atoms with Gasteiger partial charge in [-0.3, -0.25) is 4.79 Å². The minimum absolute atomic E-state index is 0.152. The van der Waals surface area contributed by atoms with E-state index >= 15 is 0 Å². The van der Waals surface area contributed by atoms with E-state index < -0.39 is 6.17 Å². The molecular formula is C13H12FN3O. The lowest BCUT2D eigenvalue weighted by atomic mass is 10.0. The molecule has 1 amide bonds. The molecule has 5 heteroatoms. The molecular weight excluding hydrogens is 233 g/mol. The fourth-order valence-electron chi connectivity index (χ4n) is 2.12. The highest BCUT2D eigenvalue weighted by Gasteiger charge is 2.31. The van der Waals surface area contributed by atoms with Crippen molar-refractivity contribution in [3.63, 3.8) is 0 Å². The molecule has 1 aromatic heterocycles. The average Bonchev–Trinajstić information content (AvgIpc) is 2.33. The number of halogens is 1. The monoisotopic (exact) mass is 245 g/mol.